The van der Waals surface area contributed by atoms with Gasteiger partial charge in [-0.15, -0.1) is 0 Å². The molecular formula is C34H44BrN3O7. The number of carbonyl (C=O) groups excluding carboxylic acids is 4. The Morgan fingerprint density at radius 3 is 2.53 bits per heavy atom. The first-order chi connectivity index (χ1) is 21.8. The zero-order chi connectivity index (χ0) is 32.0. The largest absolute Gasteiger partial charge is 0.463 e. The highest BCUT2D eigenvalue weighted by Crippen LogP contribution is 2.58. The van der Waals surface area contributed by atoms with Crippen molar-refractivity contribution in [3.8, 4) is 0 Å². The number of ether oxygens (including phenoxy) is 2. The number of amides is 3. The van der Waals surface area contributed by atoms with Crippen LogP contribution < -0.4 is 5.32 Å². The van der Waals surface area contributed by atoms with Gasteiger partial charge in [-0.05, 0) is 43.7 Å². The number of nitrogens with one attached hydrogen (secondary N) is 1. The van der Waals surface area contributed by atoms with Crippen molar-refractivity contribution in [1.29, 1.82) is 0 Å². The van der Waals surface area contributed by atoms with Gasteiger partial charge in [0.05, 0.1) is 17.9 Å². The molecule has 4 heterocycles. The fraction of sp³-hybridized carbons (Fsp3) is 0.588. The van der Waals surface area contributed by atoms with Gasteiger partial charge in [0.25, 0.3) is 0 Å². The Morgan fingerprint density at radius 1 is 1.00 bits per heavy atom. The molecule has 10 nitrogen and oxygen atoms in total. The third kappa shape index (κ3) is 6.90. The van der Waals surface area contributed by atoms with Gasteiger partial charge in [-0.2, -0.15) is 0 Å². The quantitative estimate of drug-likeness (QED) is 0.218. The molecule has 2 saturated heterocycles. The molecule has 0 radical (unpaired) electrons. The standard InChI is InChI=1S/C34H44BrN3O7/c1-2-3-10-17-37-18-11-5-9-16-26(40)44-22-25(23-14-7-4-8-15-23)36-31(41)27-28-32(42)38(19-12-6-13-20-39)30(33(37)43)34(28)21-24(35)29(27)45-34/h4-5,7-8,11,14-15,21,25,27-30,39H,2-3,6,9-10,12-13,16-20,22H2,1H3,(H,36,41)/b11-5-/t25-,27-,28+,29-,30-,34+/m0/s1. The predicted molar refractivity (Wildman–Crippen MR) is 171 cm³/mol. The molecule has 5 rings (SSSR count). The van der Waals surface area contributed by atoms with Crippen LogP contribution in [0.2, 0.25) is 0 Å². The second-order valence-corrected chi connectivity index (χ2v) is 13.2. The molecule has 244 valence electrons. The molecule has 0 aliphatic carbocycles. The Bertz CT molecular complexity index is 1300. The van der Waals surface area contributed by atoms with Gasteiger partial charge in [0.2, 0.25) is 17.7 Å². The number of nitrogens with zero attached hydrogens (tertiary/aromatic N) is 2. The zero-order valence-electron chi connectivity index (χ0n) is 25.9. The van der Waals surface area contributed by atoms with Crippen molar-refractivity contribution in [2.24, 2.45) is 11.8 Å². The SMILES string of the molecule is CCCCCN1C/C=C\CCC(=O)OC[C@@H](c2ccccc2)NC(=O)[C@@H]2[C@H]3O[C@@]4(C=C3Br)[C@H](C1=O)N(CCCCCO)C(=O)[C@@H]24. The predicted octanol–water partition coefficient (Wildman–Crippen LogP) is 3.79. The highest BCUT2D eigenvalue weighted by molar-refractivity contribution is 9.11. The van der Waals surface area contributed by atoms with E-state index in [1.54, 1.807) is 9.80 Å². The van der Waals surface area contributed by atoms with E-state index in [9.17, 15) is 24.3 Å². The minimum atomic E-state index is -1.30. The summed E-state index contributed by atoms with van der Waals surface area (Å²) in [5.41, 5.74) is -0.532. The Hall–Kier alpha value is -3.02. The van der Waals surface area contributed by atoms with Crippen LogP contribution in [0.3, 0.4) is 0 Å². The molecule has 0 aromatic heterocycles. The van der Waals surface area contributed by atoms with Crippen LogP contribution >= 0.6 is 15.9 Å². The second-order valence-electron chi connectivity index (χ2n) is 12.3. The third-order valence-electron chi connectivity index (χ3n) is 9.30. The van der Waals surface area contributed by atoms with E-state index in [4.69, 9.17) is 9.47 Å². The summed E-state index contributed by atoms with van der Waals surface area (Å²) in [4.78, 5) is 59.2. The number of unbranched alkanes of at least 4 members (excludes halogenated alkanes) is 4. The third-order valence-corrected chi connectivity index (χ3v) is 9.98. The summed E-state index contributed by atoms with van der Waals surface area (Å²) in [7, 11) is 0. The average Bonchev–Trinajstić information content (AvgIpc) is 3.63. The molecule has 5 bridgehead atoms. The van der Waals surface area contributed by atoms with Gasteiger partial charge in [0.1, 0.15) is 24.4 Å². The number of fused-ring (bicyclic) bond motifs is 2. The van der Waals surface area contributed by atoms with Crippen LogP contribution in [0.5, 0.6) is 0 Å². The molecule has 2 N–H and O–H groups in total. The van der Waals surface area contributed by atoms with Crippen molar-refractivity contribution in [2.45, 2.75) is 82.1 Å². The summed E-state index contributed by atoms with van der Waals surface area (Å²) in [5, 5.41) is 12.4. The van der Waals surface area contributed by atoms with E-state index in [1.165, 1.54) is 0 Å². The van der Waals surface area contributed by atoms with Gasteiger partial charge in [-0.1, -0.05) is 78.2 Å². The van der Waals surface area contributed by atoms with Crippen LogP contribution in [0.4, 0.5) is 0 Å². The van der Waals surface area contributed by atoms with Gasteiger partial charge in [0.15, 0.2) is 0 Å². The van der Waals surface area contributed by atoms with E-state index in [0.717, 1.165) is 24.8 Å². The van der Waals surface area contributed by atoms with E-state index >= 15 is 0 Å². The first-order valence-corrected chi connectivity index (χ1v) is 17.0. The maximum absolute atomic E-state index is 14.6. The summed E-state index contributed by atoms with van der Waals surface area (Å²) in [6, 6.07) is 7.72. The molecule has 1 aromatic carbocycles. The summed E-state index contributed by atoms with van der Waals surface area (Å²) in [5.74, 6) is -3.04. The minimum absolute atomic E-state index is 0.0550. The van der Waals surface area contributed by atoms with E-state index in [1.807, 2.05) is 48.6 Å². The number of rotatable bonds is 10. The van der Waals surface area contributed by atoms with Gasteiger partial charge in [0, 0.05) is 37.1 Å². The molecule has 6 atom stereocenters. The number of cyclic esters (lactones) is 1. The molecule has 45 heavy (non-hydrogen) atoms. The molecule has 2 fully saturated rings. The number of esters is 1. The number of benzene rings is 1. The summed E-state index contributed by atoms with van der Waals surface area (Å²) in [6.45, 7) is 3.27. The minimum Gasteiger partial charge on any atom is -0.463 e. The Balaban J connectivity index is 1.54. The Labute approximate surface area is 273 Å². The number of allylic oxidation sites excluding steroid dienone is 1. The Morgan fingerprint density at radius 2 is 1.78 bits per heavy atom. The number of likely N-dealkylation sites (tertiary alicyclic amines) is 1. The van der Waals surface area contributed by atoms with Crippen molar-refractivity contribution in [3.05, 3.63) is 58.6 Å². The van der Waals surface area contributed by atoms with Crippen LogP contribution in [-0.2, 0) is 28.7 Å². The highest BCUT2D eigenvalue weighted by Gasteiger charge is 2.74. The van der Waals surface area contributed by atoms with E-state index < -0.39 is 41.5 Å². The molecular weight excluding hydrogens is 642 g/mol. The fourth-order valence-electron chi connectivity index (χ4n) is 7.07. The molecule has 1 aromatic rings. The van der Waals surface area contributed by atoms with E-state index in [-0.39, 0.29) is 37.4 Å². The lowest BCUT2D eigenvalue weighted by Crippen LogP contribution is -2.56. The summed E-state index contributed by atoms with van der Waals surface area (Å²) < 4.78 is 12.9. The molecule has 3 amide bonds. The fourth-order valence-corrected chi connectivity index (χ4v) is 7.80. The first kappa shape index (κ1) is 33.3. The Kier molecular flexibility index (Phi) is 11.1. The maximum Gasteiger partial charge on any atom is 0.306 e. The molecule has 0 unspecified atom stereocenters. The zero-order valence-corrected chi connectivity index (χ0v) is 27.5. The second kappa shape index (κ2) is 15.0. The van der Waals surface area contributed by atoms with E-state index in [2.05, 4.69) is 28.2 Å². The monoisotopic (exact) mass is 685 g/mol. The number of carbonyl (C=O) groups is 4. The number of aliphatic hydroxyl groups excluding tert-OH is 1. The number of halogens is 1. The van der Waals surface area contributed by atoms with Crippen LogP contribution in [-0.4, -0.2) is 89.2 Å². The van der Waals surface area contributed by atoms with Gasteiger partial charge in [-0.3, -0.25) is 19.2 Å². The van der Waals surface area contributed by atoms with Crippen molar-refractivity contribution < 1.29 is 33.8 Å². The smallest absolute Gasteiger partial charge is 0.306 e. The average molecular weight is 687 g/mol. The van der Waals surface area contributed by atoms with Gasteiger partial charge in [-0.25, -0.2) is 0 Å². The lowest BCUT2D eigenvalue weighted by molar-refractivity contribution is -0.148. The normalized spacial score (nSPS) is 31.1. The van der Waals surface area contributed by atoms with Crippen molar-refractivity contribution in [2.75, 3.05) is 32.8 Å². The number of aliphatic hydroxyl groups is 1. The first-order valence-electron chi connectivity index (χ1n) is 16.2. The highest BCUT2D eigenvalue weighted by atomic mass is 79.9. The maximum atomic E-state index is 14.6. The van der Waals surface area contributed by atoms with Crippen molar-refractivity contribution >= 4 is 39.6 Å². The van der Waals surface area contributed by atoms with E-state index in [0.29, 0.717) is 49.8 Å². The number of hydrogen-bond donors (Lipinski definition) is 2. The van der Waals surface area contributed by atoms with Crippen LogP contribution in [0.15, 0.2) is 53.0 Å². The lowest BCUT2D eigenvalue weighted by atomic mass is 9.74. The van der Waals surface area contributed by atoms with Crippen molar-refractivity contribution in [3.63, 3.8) is 0 Å². The van der Waals surface area contributed by atoms with Gasteiger partial charge < -0.3 is 29.7 Å². The topological polar surface area (TPSA) is 125 Å². The van der Waals surface area contributed by atoms with Gasteiger partial charge >= 0.3 is 5.97 Å². The summed E-state index contributed by atoms with van der Waals surface area (Å²) in [6.07, 6.45) is 10.2. The van der Waals surface area contributed by atoms with Crippen LogP contribution in [0.1, 0.15) is 69.9 Å². The molecule has 1 spiro atoms. The van der Waals surface area contributed by atoms with Crippen LogP contribution in [0, 0.1) is 11.8 Å². The molecule has 0 saturated carbocycles. The van der Waals surface area contributed by atoms with Crippen molar-refractivity contribution in [1.82, 2.24) is 15.1 Å². The molecule has 4 aliphatic heterocycles. The lowest BCUT2D eigenvalue weighted by Gasteiger charge is -2.36. The number of hydrogen-bond acceptors (Lipinski definition) is 7. The summed E-state index contributed by atoms with van der Waals surface area (Å²) >= 11 is 3.62. The molecule has 11 heteroatoms. The van der Waals surface area contributed by atoms with Crippen LogP contribution in [0.25, 0.3) is 0 Å². The molecule has 4 aliphatic rings.